The quantitative estimate of drug-likeness (QED) is 0.529. The third-order valence-electron chi connectivity index (χ3n) is 3.66. The Bertz CT molecular complexity index is 585. The van der Waals surface area contributed by atoms with Gasteiger partial charge in [0.05, 0.1) is 0 Å². The van der Waals surface area contributed by atoms with Crippen LogP contribution in [0.5, 0.6) is 0 Å². The molecule has 2 aromatic rings. The molecule has 0 fully saturated rings. The largest absolute Gasteiger partial charge is 0.0876 e. The minimum Gasteiger partial charge on any atom is -0.0876 e. The van der Waals surface area contributed by atoms with Gasteiger partial charge in [0.15, 0.2) is 0 Å². The third-order valence-corrected chi connectivity index (χ3v) is 4.87. The normalized spacial score (nSPS) is 10.9. The van der Waals surface area contributed by atoms with E-state index in [4.69, 9.17) is 0 Å². The van der Waals surface area contributed by atoms with Crippen molar-refractivity contribution in [3.8, 4) is 11.1 Å². The third kappa shape index (κ3) is 3.01. The fourth-order valence-electron chi connectivity index (χ4n) is 3.04. The highest BCUT2D eigenvalue weighted by atomic mass is 79.9. The highest BCUT2D eigenvalue weighted by Crippen LogP contribution is 2.36. The molecule has 0 amide bonds. The predicted octanol–water partition coefficient (Wildman–Crippen LogP) is 6.38. The maximum Gasteiger partial charge on any atom is 0.0289 e. The van der Waals surface area contributed by atoms with Crippen molar-refractivity contribution < 1.29 is 0 Å². The smallest absolute Gasteiger partial charge is 0.0289 e. The molecule has 0 aliphatic heterocycles. The van der Waals surface area contributed by atoms with E-state index in [1.165, 1.54) is 44.5 Å². The topological polar surface area (TPSA) is 0 Å². The van der Waals surface area contributed by atoms with E-state index in [1.807, 2.05) is 0 Å². The second-order valence-corrected chi connectivity index (χ2v) is 6.62. The van der Waals surface area contributed by atoms with Crippen molar-refractivity contribution >= 4 is 31.9 Å². The Kier molecular flexibility index (Phi) is 5.09. The molecule has 2 rings (SSSR count). The fourth-order valence-corrected chi connectivity index (χ4v) is 3.92. The molecule has 0 bridgehead atoms. The van der Waals surface area contributed by atoms with E-state index < -0.39 is 0 Å². The first-order valence-electron chi connectivity index (χ1n) is 6.80. The molecule has 0 radical (unpaired) electrons. The summed E-state index contributed by atoms with van der Waals surface area (Å²) in [6.45, 7) is 8.75. The van der Waals surface area contributed by atoms with Gasteiger partial charge in [0.2, 0.25) is 0 Å². The van der Waals surface area contributed by atoms with E-state index in [0.29, 0.717) is 0 Å². The lowest BCUT2D eigenvalue weighted by molar-refractivity contribution is 1.26. The van der Waals surface area contributed by atoms with Crippen LogP contribution < -0.4 is 0 Å². The van der Waals surface area contributed by atoms with Crippen molar-refractivity contribution in [3.63, 3.8) is 0 Å². The molecule has 2 aromatic carbocycles. The molecule has 106 valence electrons. The van der Waals surface area contributed by atoms with Crippen LogP contribution in [0.4, 0.5) is 0 Å². The standard InChI is InChI=1S/C18H20Br2/c1-11-5-13(3)17(15(7-11)9-19)18-14(4)6-12(2)8-16(18)10-20/h5-8H,9-10H2,1-4H3. The molecule has 0 atom stereocenters. The molecule has 0 N–H and O–H groups in total. The van der Waals surface area contributed by atoms with Crippen LogP contribution in [0, 0.1) is 27.7 Å². The number of hydrogen-bond donors (Lipinski definition) is 0. The number of aryl methyl sites for hydroxylation is 4. The molecule has 0 aliphatic rings. The van der Waals surface area contributed by atoms with E-state index >= 15 is 0 Å². The van der Waals surface area contributed by atoms with E-state index in [-0.39, 0.29) is 0 Å². The van der Waals surface area contributed by atoms with Crippen LogP contribution in [0.15, 0.2) is 24.3 Å². The Morgan fingerprint density at radius 2 is 1.00 bits per heavy atom. The van der Waals surface area contributed by atoms with E-state index in [1.54, 1.807) is 0 Å². The minimum atomic E-state index is 0.889. The zero-order chi connectivity index (χ0) is 14.9. The van der Waals surface area contributed by atoms with Crippen LogP contribution in [0.1, 0.15) is 33.4 Å². The van der Waals surface area contributed by atoms with Gasteiger partial charge in [0.25, 0.3) is 0 Å². The van der Waals surface area contributed by atoms with Crippen molar-refractivity contribution in [2.24, 2.45) is 0 Å². The summed E-state index contributed by atoms with van der Waals surface area (Å²) in [5, 5.41) is 1.78. The second-order valence-electron chi connectivity index (χ2n) is 5.50. The molecule has 0 nitrogen and oxygen atoms in total. The van der Waals surface area contributed by atoms with Gasteiger partial charge >= 0.3 is 0 Å². The first kappa shape index (κ1) is 15.8. The van der Waals surface area contributed by atoms with Crippen LogP contribution in [0.3, 0.4) is 0 Å². The maximum atomic E-state index is 3.65. The maximum absolute atomic E-state index is 3.65. The zero-order valence-electron chi connectivity index (χ0n) is 12.5. The number of rotatable bonds is 3. The van der Waals surface area contributed by atoms with Gasteiger partial charge in [0.1, 0.15) is 0 Å². The van der Waals surface area contributed by atoms with Gasteiger partial charge in [0, 0.05) is 10.7 Å². The van der Waals surface area contributed by atoms with Crippen LogP contribution in [-0.4, -0.2) is 0 Å². The van der Waals surface area contributed by atoms with Gasteiger partial charge in [-0.15, -0.1) is 0 Å². The van der Waals surface area contributed by atoms with Gasteiger partial charge in [-0.2, -0.15) is 0 Å². The van der Waals surface area contributed by atoms with Crippen molar-refractivity contribution in [2.75, 3.05) is 0 Å². The van der Waals surface area contributed by atoms with Gasteiger partial charge < -0.3 is 0 Å². The first-order chi connectivity index (χ1) is 9.47. The highest BCUT2D eigenvalue weighted by molar-refractivity contribution is 9.08. The van der Waals surface area contributed by atoms with Crippen molar-refractivity contribution in [3.05, 3.63) is 57.6 Å². The molecule has 0 unspecified atom stereocenters. The monoisotopic (exact) mass is 394 g/mol. The number of benzene rings is 2. The molecular formula is C18H20Br2. The average Bonchev–Trinajstić information content (AvgIpc) is 2.38. The molecule has 0 heterocycles. The second kappa shape index (κ2) is 6.44. The minimum absolute atomic E-state index is 0.889. The zero-order valence-corrected chi connectivity index (χ0v) is 15.7. The van der Waals surface area contributed by atoms with Crippen LogP contribution in [0.25, 0.3) is 11.1 Å². The molecule has 2 heteroatoms. The highest BCUT2D eigenvalue weighted by Gasteiger charge is 2.15. The van der Waals surface area contributed by atoms with Crippen LogP contribution >= 0.6 is 31.9 Å². The fraction of sp³-hybridized carbons (Fsp3) is 0.333. The lowest BCUT2D eigenvalue weighted by Gasteiger charge is -2.19. The van der Waals surface area contributed by atoms with Crippen molar-refractivity contribution in [1.82, 2.24) is 0 Å². The summed E-state index contributed by atoms with van der Waals surface area (Å²) >= 11 is 7.30. The Morgan fingerprint density at radius 3 is 1.30 bits per heavy atom. The first-order valence-corrected chi connectivity index (χ1v) is 9.04. The van der Waals surface area contributed by atoms with Crippen molar-refractivity contribution in [2.45, 2.75) is 38.4 Å². The summed E-state index contributed by atoms with van der Waals surface area (Å²) in [6.07, 6.45) is 0. The molecule has 0 aromatic heterocycles. The van der Waals surface area contributed by atoms with Crippen LogP contribution in [-0.2, 0) is 10.7 Å². The predicted molar refractivity (Wildman–Crippen MR) is 96.1 cm³/mol. The summed E-state index contributed by atoms with van der Waals surface area (Å²) in [4.78, 5) is 0. The average molecular weight is 396 g/mol. The number of halogens is 2. The van der Waals surface area contributed by atoms with Gasteiger partial charge in [-0.25, -0.2) is 0 Å². The Morgan fingerprint density at radius 1 is 0.650 bits per heavy atom. The van der Waals surface area contributed by atoms with Gasteiger partial charge in [-0.05, 0) is 61.1 Å². The molecule has 20 heavy (non-hydrogen) atoms. The summed E-state index contributed by atoms with van der Waals surface area (Å²) in [5.74, 6) is 0. The van der Waals surface area contributed by atoms with Crippen molar-refractivity contribution in [1.29, 1.82) is 0 Å². The number of alkyl halides is 2. The molecule has 0 spiro atoms. The Labute approximate surface area is 138 Å². The number of hydrogen-bond acceptors (Lipinski definition) is 0. The van der Waals surface area contributed by atoms with E-state index in [2.05, 4.69) is 83.8 Å². The summed E-state index contributed by atoms with van der Waals surface area (Å²) in [6, 6.07) is 9.13. The lowest BCUT2D eigenvalue weighted by atomic mass is 9.87. The molecule has 0 saturated carbocycles. The molecule has 0 saturated heterocycles. The lowest BCUT2D eigenvalue weighted by Crippen LogP contribution is -1.99. The van der Waals surface area contributed by atoms with Gasteiger partial charge in [-0.3, -0.25) is 0 Å². The molecule has 0 aliphatic carbocycles. The van der Waals surface area contributed by atoms with E-state index in [0.717, 1.165) is 10.7 Å². The SMILES string of the molecule is Cc1cc(C)c(-c2c(C)cc(C)cc2CBr)c(CBr)c1. The summed E-state index contributed by atoms with van der Waals surface area (Å²) in [5.41, 5.74) is 10.9. The Balaban J connectivity index is 2.81. The van der Waals surface area contributed by atoms with Gasteiger partial charge in [-0.1, -0.05) is 67.3 Å². The Hall–Kier alpha value is -0.600. The summed E-state index contributed by atoms with van der Waals surface area (Å²) in [7, 11) is 0. The summed E-state index contributed by atoms with van der Waals surface area (Å²) < 4.78 is 0. The van der Waals surface area contributed by atoms with E-state index in [9.17, 15) is 0 Å². The van der Waals surface area contributed by atoms with Crippen LogP contribution in [0.2, 0.25) is 0 Å². The molecular weight excluding hydrogens is 376 g/mol.